The van der Waals surface area contributed by atoms with Crippen molar-refractivity contribution in [3.8, 4) is 28.4 Å². The third-order valence-electron chi connectivity index (χ3n) is 6.91. The van der Waals surface area contributed by atoms with E-state index < -0.39 is 0 Å². The largest absolute Gasteiger partial charge is 0.495 e. The number of ether oxygens (including phenoxy) is 3. The minimum atomic E-state index is -0.154. The minimum Gasteiger partial charge on any atom is -0.495 e. The lowest BCUT2D eigenvalue weighted by Gasteiger charge is -2.38. The predicted octanol–water partition coefficient (Wildman–Crippen LogP) is 4.11. The SMILES string of the molecule is C=CC(=O)N1CC(Oc2cc3c(Nc4cc(-c5cnc6c(cnn6C)c5)ccc4OC)ncnc3cc2OC)C1. The Labute approximate surface area is 230 Å². The Kier molecular flexibility index (Phi) is 6.39. The van der Waals surface area contributed by atoms with Crippen molar-refractivity contribution < 1.29 is 19.0 Å². The molecule has 3 aromatic heterocycles. The first-order chi connectivity index (χ1) is 19.5. The molecule has 6 rings (SSSR count). The quantitative estimate of drug-likeness (QED) is 0.292. The van der Waals surface area contributed by atoms with E-state index in [-0.39, 0.29) is 12.0 Å². The number of methoxy groups -OCH3 is 2. The van der Waals surface area contributed by atoms with Gasteiger partial charge >= 0.3 is 0 Å². The zero-order valence-electron chi connectivity index (χ0n) is 22.3. The maximum atomic E-state index is 11.8. The summed E-state index contributed by atoms with van der Waals surface area (Å²) in [5.41, 5.74) is 4.12. The third-order valence-corrected chi connectivity index (χ3v) is 6.91. The average molecular weight is 538 g/mol. The lowest BCUT2D eigenvalue weighted by molar-refractivity contribution is -0.134. The van der Waals surface area contributed by atoms with Crippen molar-refractivity contribution in [2.45, 2.75) is 6.10 Å². The van der Waals surface area contributed by atoms with Crippen LogP contribution in [0.1, 0.15) is 0 Å². The number of carbonyl (C=O) groups is 1. The third kappa shape index (κ3) is 4.51. The Morgan fingerprint density at radius 1 is 1.00 bits per heavy atom. The fraction of sp³-hybridized carbons (Fsp3) is 0.207. The molecule has 0 radical (unpaired) electrons. The standard InChI is InChI=1S/C29H27N7O4/c1-5-27(37)36-14-20(15-36)40-26-10-21-22(11-25(26)39-4)31-16-32-28(21)34-23-9-17(6-7-24(23)38-3)18-8-19-13-33-35(2)29(19)30-12-18/h5-13,16,20H,1,14-15H2,2-4H3,(H,31,32,34). The molecule has 4 heterocycles. The highest BCUT2D eigenvalue weighted by Gasteiger charge is 2.31. The van der Waals surface area contributed by atoms with Gasteiger partial charge in [0.05, 0.1) is 44.7 Å². The van der Waals surface area contributed by atoms with Crippen LogP contribution in [0.5, 0.6) is 17.2 Å². The molecule has 40 heavy (non-hydrogen) atoms. The number of nitrogens with zero attached hydrogens (tertiary/aromatic N) is 6. The van der Waals surface area contributed by atoms with Crippen molar-refractivity contribution >= 4 is 39.3 Å². The number of nitrogens with one attached hydrogen (secondary N) is 1. The van der Waals surface area contributed by atoms with Crippen molar-refractivity contribution in [3.05, 3.63) is 67.8 Å². The van der Waals surface area contributed by atoms with Crippen LogP contribution in [0.2, 0.25) is 0 Å². The normalized spacial score (nSPS) is 13.2. The number of aryl methyl sites for hydroxylation is 1. The van der Waals surface area contributed by atoms with E-state index in [0.717, 1.165) is 33.2 Å². The summed E-state index contributed by atoms with van der Waals surface area (Å²) in [7, 11) is 5.07. The van der Waals surface area contributed by atoms with E-state index in [2.05, 4.69) is 38.0 Å². The number of benzene rings is 2. The van der Waals surface area contributed by atoms with Crippen LogP contribution in [-0.4, -0.2) is 69.0 Å². The molecule has 2 aromatic carbocycles. The number of anilines is 2. The van der Waals surface area contributed by atoms with Crippen molar-refractivity contribution in [2.24, 2.45) is 7.05 Å². The lowest BCUT2D eigenvalue weighted by atomic mass is 10.1. The zero-order valence-corrected chi connectivity index (χ0v) is 22.3. The van der Waals surface area contributed by atoms with Gasteiger partial charge in [0.2, 0.25) is 5.91 Å². The second-order valence-corrected chi connectivity index (χ2v) is 9.37. The van der Waals surface area contributed by atoms with Crippen LogP contribution in [0.15, 0.2) is 67.8 Å². The number of hydrogen-bond donors (Lipinski definition) is 1. The summed E-state index contributed by atoms with van der Waals surface area (Å²) in [5, 5.41) is 9.40. The summed E-state index contributed by atoms with van der Waals surface area (Å²) in [4.78, 5) is 27.0. The minimum absolute atomic E-state index is 0.113. The number of carbonyl (C=O) groups excluding carboxylic acids is 1. The highest BCUT2D eigenvalue weighted by molar-refractivity contribution is 5.94. The summed E-state index contributed by atoms with van der Waals surface area (Å²) in [5.74, 6) is 2.20. The number of hydrogen-bond acceptors (Lipinski definition) is 9. The number of fused-ring (bicyclic) bond motifs is 2. The first kappa shape index (κ1) is 25.1. The molecule has 0 aliphatic carbocycles. The predicted molar refractivity (Wildman–Crippen MR) is 151 cm³/mol. The molecule has 5 aromatic rings. The Bertz CT molecular complexity index is 1760. The maximum absolute atomic E-state index is 11.8. The van der Waals surface area contributed by atoms with Crippen LogP contribution in [-0.2, 0) is 11.8 Å². The molecule has 1 N–H and O–H groups in total. The maximum Gasteiger partial charge on any atom is 0.246 e. The van der Waals surface area contributed by atoms with Crippen molar-refractivity contribution in [1.29, 1.82) is 0 Å². The van der Waals surface area contributed by atoms with Gasteiger partial charge in [-0.15, -0.1) is 0 Å². The molecule has 0 saturated carbocycles. The van der Waals surface area contributed by atoms with Crippen LogP contribution >= 0.6 is 0 Å². The molecule has 1 fully saturated rings. The fourth-order valence-corrected chi connectivity index (χ4v) is 4.73. The zero-order chi connectivity index (χ0) is 27.8. The van der Waals surface area contributed by atoms with Gasteiger partial charge < -0.3 is 24.4 Å². The Balaban J connectivity index is 1.33. The Morgan fingerprint density at radius 2 is 1.82 bits per heavy atom. The van der Waals surface area contributed by atoms with Gasteiger partial charge in [0.15, 0.2) is 17.1 Å². The average Bonchev–Trinajstić information content (AvgIpc) is 3.33. The van der Waals surface area contributed by atoms with E-state index in [1.807, 2.05) is 43.6 Å². The molecular formula is C29H27N7O4. The molecule has 202 valence electrons. The van der Waals surface area contributed by atoms with Gasteiger partial charge in [0.1, 0.15) is 24.0 Å². The number of rotatable bonds is 8. The van der Waals surface area contributed by atoms with Gasteiger partial charge in [-0.3, -0.25) is 9.48 Å². The molecule has 0 atom stereocenters. The van der Waals surface area contributed by atoms with Crippen LogP contribution in [0.25, 0.3) is 33.1 Å². The molecule has 1 aliphatic rings. The van der Waals surface area contributed by atoms with E-state index in [1.165, 1.54) is 12.4 Å². The molecular weight excluding hydrogens is 510 g/mol. The van der Waals surface area contributed by atoms with Gasteiger partial charge in [0.25, 0.3) is 0 Å². The first-order valence-corrected chi connectivity index (χ1v) is 12.6. The molecule has 11 heteroatoms. The summed E-state index contributed by atoms with van der Waals surface area (Å²) in [6.07, 6.45) is 6.27. The number of aromatic nitrogens is 5. The lowest BCUT2D eigenvalue weighted by Crippen LogP contribution is -2.55. The van der Waals surface area contributed by atoms with Gasteiger partial charge in [-0.1, -0.05) is 12.6 Å². The molecule has 0 unspecified atom stereocenters. The van der Waals surface area contributed by atoms with Crippen molar-refractivity contribution in [1.82, 2.24) is 29.6 Å². The molecule has 11 nitrogen and oxygen atoms in total. The molecule has 0 spiro atoms. The Morgan fingerprint density at radius 3 is 2.60 bits per heavy atom. The van der Waals surface area contributed by atoms with E-state index in [0.29, 0.717) is 41.7 Å². The highest BCUT2D eigenvalue weighted by Crippen LogP contribution is 2.38. The second-order valence-electron chi connectivity index (χ2n) is 9.37. The number of amides is 1. The second kappa shape index (κ2) is 10.2. The van der Waals surface area contributed by atoms with Gasteiger partial charge in [0, 0.05) is 35.6 Å². The van der Waals surface area contributed by atoms with E-state index >= 15 is 0 Å². The number of likely N-dealkylation sites (tertiary alicyclic amines) is 1. The van der Waals surface area contributed by atoms with E-state index in [9.17, 15) is 4.79 Å². The van der Waals surface area contributed by atoms with Gasteiger partial charge in [-0.2, -0.15) is 5.10 Å². The molecule has 1 saturated heterocycles. The van der Waals surface area contributed by atoms with Crippen LogP contribution in [0.4, 0.5) is 11.5 Å². The summed E-state index contributed by atoms with van der Waals surface area (Å²) >= 11 is 0. The summed E-state index contributed by atoms with van der Waals surface area (Å²) < 4.78 is 19.2. The van der Waals surface area contributed by atoms with Crippen molar-refractivity contribution in [3.63, 3.8) is 0 Å². The summed E-state index contributed by atoms with van der Waals surface area (Å²) in [6.45, 7) is 4.49. The summed E-state index contributed by atoms with van der Waals surface area (Å²) in [6, 6.07) is 11.6. The molecule has 1 aliphatic heterocycles. The first-order valence-electron chi connectivity index (χ1n) is 12.6. The van der Waals surface area contributed by atoms with Gasteiger partial charge in [-0.25, -0.2) is 15.0 Å². The highest BCUT2D eigenvalue weighted by atomic mass is 16.5. The van der Waals surface area contributed by atoms with Crippen LogP contribution in [0, 0.1) is 0 Å². The topological polar surface area (TPSA) is 117 Å². The van der Waals surface area contributed by atoms with Crippen LogP contribution in [0.3, 0.4) is 0 Å². The van der Waals surface area contributed by atoms with E-state index in [1.54, 1.807) is 30.0 Å². The Hall–Kier alpha value is -5.19. The molecule has 1 amide bonds. The number of pyridine rings is 1. The van der Waals surface area contributed by atoms with Gasteiger partial charge in [-0.05, 0) is 35.9 Å². The smallest absolute Gasteiger partial charge is 0.246 e. The van der Waals surface area contributed by atoms with Crippen molar-refractivity contribution in [2.75, 3.05) is 32.6 Å². The van der Waals surface area contributed by atoms with E-state index in [4.69, 9.17) is 14.2 Å². The van der Waals surface area contributed by atoms with Crippen LogP contribution < -0.4 is 19.5 Å². The monoisotopic (exact) mass is 537 g/mol. The molecule has 0 bridgehead atoms. The fourth-order valence-electron chi connectivity index (χ4n) is 4.73.